The monoisotopic (exact) mass is 294 g/mol. The minimum absolute atomic E-state index is 0.691. The molecular weight excluding hydrogens is 256 g/mol. The van der Waals surface area contributed by atoms with Crippen molar-refractivity contribution in [2.45, 2.75) is 91.3 Å². The fourth-order valence-corrected chi connectivity index (χ4v) is 4.46. The highest BCUT2D eigenvalue weighted by molar-refractivity contribution is 4.93. The second-order valence-electron chi connectivity index (χ2n) is 8.05. The average Bonchev–Trinajstić information content (AvgIpc) is 2.53. The zero-order chi connectivity index (χ0) is 15.4. The van der Waals surface area contributed by atoms with E-state index in [1.807, 2.05) is 0 Å². The van der Waals surface area contributed by atoms with Gasteiger partial charge in [-0.1, -0.05) is 53.4 Å². The van der Waals surface area contributed by atoms with E-state index in [2.05, 4.69) is 44.8 Å². The summed E-state index contributed by atoms with van der Waals surface area (Å²) in [6.45, 7) is 14.5. The van der Waals surface area contributed by atoms with E-state index >= 15 is 0 Å². The molecule has 0 radical (unpaired) electrons. The van der Waals surface area contributed by atoms with Crippen molar-refractivity contribution in [3.63, 3.8) is 0 Å². The molecule has 0 aromatic heterocycles. The third kappa shape index (κ3) is 4.22. The van der Waals surface area contributed by atoms with E-state index in [1.54, 1.807) is 0 Å². The van der Waals surface area contributed by atoms with Crippen molar-refractivity contribution in [3.05, 3.63) is 0 Å². The maximum Gasteiger partial charge on any atom is 0.0247 e. The van der Waals surface area contributed by atoms with E-state index in [0.29, 0.717) is 6.04 Å². The molecule has 2 rings (SSSR count). The van der Waals surface area contributed by atoms with Crippen LogP contribution >= 0.6 is 0 Å². The van der Waals surface area contributed by atoms with Gasteiger partial charge in [-0.15, -0.1) is 0 Å². The highest BCUT2D eigenvalue weighted by atomic mass is 15.3. The van der Waals surface area contributed by atoms with Crippen molar-refractivity contribution < 1.29 is 0 Å². The summed E-state index contributed by atoms with van der Waals surface area (Å²) in [6, 6.07) is 2.18. The van der Waals surface area contributed by atoms with Crippen molar-refractivity contribution in [1.29, 1.82) is 0 Å². The van der Waals surface area contributed by atoms with Crippen LogP contribution < -0.4 is 5.32 Å². The van der Waals surface area contributed by atoms with E-state index in [0.717, 1.165) is 29.8 Å². The topological polar surface area (TPSA) is 15.3 Å². The fraction of sp³-hybridized carbons (Fsp3) is 1.00. The summed E-state index contributed by atoms with van der Waals surface area (Å²) in [7, 11) is 0. The summed E-state index contributed by atoms with van der Waals surface area (Å²) in [5, 5.41) is 3.85. The standard InChI is InChI=1S/C19H38N2/c1-6-15(4)18-13-21(19(12-20-18)14(2)3)16(5)17-10-8-7-9-11-17/h14-20H,6-13H2,1-5H3. The molecule has 0 bridgehead atoms. The molecule has 0 aromatic carbocycles. The van der Waals surface area contributed by atoms with Crippen LogP contribution in [0.15, 0.2) is 0 Å². The normalized spacial score (nSPS) is 32.3. The van der Waals surface area contributed by atoms with E-state index in [9.17, 15) is 0 Å². The van der Waals surface area contributed by atoms with Gasteiger partial charge in [0.25, 0.3) is 0 Å². The molecule has 4 atom stereocenters. The zero-order valence-corrected chi connectivity index (χ0v) is 15.1. The van der Waals surface area contributed by atoms with E-state index in [-0.39, 0.29) is 0 Å². The summed E-state index contributed by atoms with van der Waals surface area (Å²) in [5.74, 6) is 2.48. The predicted molar refractivity (Wildman–Crippen MR) is 92.6 cm³/mol. The van der Waals surface area contributed by atoms with Crippen molar-refractivity contribution in [1.82, 2.24) is 10.2 Å². The lowest BCUT2D eigenvalue weighted by Crippen LogP contribution is -2.63. The number of nitrogens with one attached hydrogen (secondary N) is 1. The maximum absolute atomic E-state index is 3.85. The van der Waals surface area contributed by atoms with Crippen LogP contribution in [-0.4, -0.2) is 36.1 Å². The highest BCUT2D eigenvalue weighted by Gasteiger charge is 2.36. The summed E-state index contributed by atoms with van der Waals surface area (Å²) >= 11 is 0. The largest absolute Gasteiger partial charge is 0.311 e. The van der Waals surface area contributed by atoms with Gasteiger partial charge in [-0.2, -0.15) is 0 Å². The zero-order valence-electron chi connectivity index (χ0n) is 15.1. The summed E-state index contributed by atoms with van der Waals surface area (Å²) in [5.41, 5.74) is 0. The lowest BCUT2D eigenvalue weighted by atomic mass is 9.81. The van der Waals surface area contributed by atoms with Gasteiger partial charge in [-0.3, -0.25) is 4.90 Å². The van der Waals surface area contributed by atoms with Crippen LogP contribution in [0.5, 0.6) is 0 Å². The molecule has 1 heterocycles. The van der Waals surface area contributed by atoms with Crippen LogP contribution in [0.2, 0.25) is 0 Å². The molecule has 1 N–H and O–H groups in total. The van der Waals surface area contributed by atoms with Crippen LogP contribution in [-0.2, 0) is 0 Å². The fourth-order valence-electron chi connectivity index (χ4n) is 4.46. The van der Waals surface area contributed by atoms with Crippen molar-refractivity contribution in [2.24, 2.45) is 17.8 Å². The quantitative estimate of drug-likeness (QED) is 0.813. The lowest BCUT2D eigenvalue weighted by Gasteiger charge is -2.49. The van der Waals surface area contributed by atoms with Crippen LogP contribution in [0.4, 0.5) is 0 Å². The smallest absolute Gasteiger partial charge is 0.0247 e. The molecule has 1 saturated carbocycles. The van der Waals surface area contributed by atoms with Gasteiger partial charge in [0.05, 0.1) is 0 Å². The number of hydrogen-bond acceptors (Lipinski definition) is 2. The Labute approximate surface area is 133 Å². The molecule has 1 aliphatic heterocycles. The molecule has 21 heavy (non-hydrogen) atoms. The number of rotatable bonds is 5. The summed E-state index contributed by atoms with van der Waals surface area (Å²) < 4.78 is 0. The van der Waals surface area contributed by atoms with Gasteiger partial charge in [0.15, 0.2) is 0 Å². The van der Waals surface area contributed by atoms with Crippen molar-refractivity contribution >= 4 is 0 Å². The van der Waals surface area contributed by atoms with Gasteiger partial charge in [-0.25, -0.2) is 0 Å². The van der Waals surface area contributed by atoms with E-state index in [4.69, 9.17) is 0 Å². The molecule has 1 saturated heterocycles. The first-order valence-electron chi connectivity index (χ1n) is 9.53. The molecule has 2 nitrogen and oxygen atoms in total. The molecule has 0 amide bonds. The number of piperazine rings is 1. The molecule has 4 unspecified atom stereocenters. The van der Waals surface area contributed by atoms with Gasteiger partial charge >= 0.3 is 0 Å². The molecule has 124 valence electrons. The van der Waals surface area contributed by atoms with Gasteiger partial charge in [-0.05, 0) is 37.5 Å². The van der Waals surface area contributed by atoms with Gasteiger partial charge in [0, 0.05) is 31.2 Å². The third-order valence-corrected chi connectivity index (χ3v) is 6.38. The minimum Gasteiger partial charge on any atom is -0.311 e. The van der Waals surface area contributed by atoms with Gasteiger partial charge in [0.2, 0.25) is 0 Å². The molecule has 0 spiro atoms. The first-order valence-corrected chi connectivity index (χ1v) is 9.53. The number of nitrogens with zero attached hydrogens (tertiary/aromatic N) is 1. The van der Waals surface area contributed by atoms with Crippen LogP contribution in [0.25, 0.3) is 0 Å². The molecule has 0 aromatic rings. The Morgan fingerprint density at radius 1 is 1.05 bits per heavy atom. The van der Waals surface area contributed by atoms with Crippen molar-refractivity contribution in [3.8, 4) is 0 Å². The molecular formula is C19H38N2. The Bertz CT molecular complexity index is 296. The van der Waals surface area contributed by atoms with Gasteiger partial charge < -0.3 is 5.32 Å². The first-order chi connectivity index (χ1) is 10.0. The molecule has 2 aliphatic rings. The molecule has 1 aliphatic carbocycles. The molecule has 2 heteroatoms. The maximum atomic E-state index is 3.85. The Hall–Kier alpha value is -0.0800. The predicted octanol–water partition coefficient (Wildman–Crippen LogP) is 4.30. The van der Waals surface area contributed by atoms with Crippen LogP contribution in [0, 0.1) is 17.8 Å². The lowest BCUT2D eigenvalue weighted by molar-refractivity contribution is 0.0190. The van der Waals surface area contributed by atoms with E-state index in [1.165, 1.54) is 51.6 Å². The Morgan fingerprint density at radius 3 is 2.29 bits per heavy atom. The third-order valence-electron chi connectivity index (χ3n) is 6.38. The Kier molecular flexibility index (Phi) is 6.55. The SMILES string of the molecule is CCC(C)C1CN(C(C)C2CCCCC2)C(C(C)C)CN1. The Balaban J connectivity index is 2.05. The van der Waals surface area contributed by atoms with Crippen molar-refractivity contribution in [2.75, 3.05) is 13.1 Å². The van der Waals surface area contributed by atoms with Crippen LogP contribution in [0.1, 0.15) is 73.1 Å². The first kappa shape index (κ1) is 17.3. The van der Waals surface area contributed by atoms with E-state index < -0.39 is 0 Å². The van der Waals surface area contributed by atoms with Crippen LogP contribution in [0.3, 0.4) is 0 Å². The average molecular weight is 295 g/mol. The highest BCUT2D eigenvalue weighted by Crippen LogP contribution is 2.32. The second kappa shape index (κ2) is 7.97. The molecule has 2 fully saturated rings. The number of hydrogen-bond donors (Lipinski definition) is 1. The second-order valence-corrected chi connectivity index (χ2v) is 8.05. The van der Waals surface area contributed by atoms with Gasteiger partial charge in [0.1, 0.15) is 0 Å². The minimum atomic E-state index is 0.691. The Morgan fingerprint density at radius 2 is 1.71 bits per heavy atom. The summed E-state index contributed by atoms with van der Waals surface area (Å²) in [6.07, 6.45) is 8.60. The summed E-state index contributed by atoms with van der Waals surface area (Å²) in [4.78, 5) is 2.88.